The van der Waals surface area contributed by atoms with E-state index in [9.17, 15) is 9.59 Å². The molecule has 0 unspecified atom stereocenters. The summed E-state index contributed by atoms with van der Waals surface area (Å²) in [5.74, 6) is -0.732. The zero-order valence-electron chi connectivity index (χ0n) is 18.6. The van der Waals surface area contributed by atoms with Crippen LogP contribution in [0.25, 0.3) is 0 Å². The fourth-order valence-corrected chi connectivity index (χ4v) is 3.83. The van der Waals surface area contributed by atoms with Crippen molar-refractivity contribution < 1.29 is 14.7 Å². The number of Topliss-reactive ketones (excluding diaryl/α,β-unsaturated/α-hetero) is 1. The molecule has 0 radical (unpaired) electrons. The molecule has 0 bridgehead atoms. The minimum absolute atomic E-state index is 0.0277. The van der Waals surface area contributed by atoms with Crippen LogP contribution in [0.1, 0.15) is 126 Å². The van der Waals surface area contributed by atoms with Crippen LogP contribution >= 0.6 is 0 Å². The number of benzene rings is 1. The molecular formula is C26H42O3. The molecular weight excluding hydrogens is 360 g/mol. The summed E-state index contributed by atoms with van der Waals surface area (Å²) < 4.78 is 0. The quantitative estimate of drug-likeness (QED) is 0.190. The zero-order chi connectivity index (χ0) is 21.2. The first kappa shape index (κ1) is 25.4. The van der Waals surface area contributed by atoms with Gasteiger partial charge in [-0.2, -0.15) is 0 Å². The number of hydrogen-bond donors (Lipinski definition) is 1. The fraction of sp³-hybridized carbons (Fsp3) is 0.692. The molecule has 1 rings (SSSR count). The standard InChI is InChI=1S/C26H42O3/c1-2-3-4-5-6-7-8-9-10-11-12-13-14-15-16-20-25(27)24-19-17-18-23(21-24)22-26(28)29/h17-19,21H,2-16,20,22H2,1H3,(H,28,29). The maximum absolute atomic E-state index is 12.3. The normalized spacial score (nSPS) is 10.9. The minimum Gasteiger partial charge on any atom is -0.481 e. The Bertz CT molecular complexity index is 565. The maximum atomic E-state index is 12.3. The lowest BCUT2D eigenvalue weighted by Gasteiger charge is -2.05. The number of carboxylic acids is 1. The van der Waals surface area contributed by atoms with Crippen LogP contribution in [0.3, 0.4) is 0 Å². The average Bonchev–Trinajstić information content (AvgIpc) is 2.70. The molecule has 0 heterocycles. The molecule has 3 nitrogen and oxygen atoms in total. The van der Waals surface area contributed by atoms with E-state index in [0.29, 0.717) is 17.5 Å². The molecule has 0 fully saturated rings. The van der Waals surface area contributed by atoms with Gasteiger partial charge in [-0.1, -0.05) is 115 Å². The number of carbonyl (C=O) groups excluding carboxylic acids is 1. The Kier molecular flexibility index (Phi) is 15.1. The third-order valence-electron chi connectivity index (χ3n) is 5.61. The molecule has 0 saturated carbocycles. The number of ketones is 1. The summed E-state index contributed by atoms with van der Waals surface area (Å²) >= 11 is 0. The monoisotopic (exact) mass is 402 g/mol. The Labute approximate surface area is 178 Å². The Morgan fingerprint density at radius 3 is 1.69 bits per heavy atom. The lowest BCUT2D eigenvalue weighted by Crippen LogP contribution is -2.03. The molecule has 0 aliphatic heterocycles. The van der Waals surface area contributed by atoms with Crippen molar-refractivity contribution in [3.63, 3.8) is 0 Å². The second-order valence-electron chi connectivity index (χ2n) is 8.39. The van der Waals surface area contributed by atoms with Crippen molar-refractivity contribution in [1.29, 1.82) is 0 Å². The van der Waals surface area contributed by atoms with E-state index >= 15 is 0 Å². The van der Waals surface area contributed by atoms with Crippen LogP contribution in [0.4, 0.5) is 0 Å². The van der Waals surface area contributed by atoms with Crippen molar-refractivity contribution >= 4 is 11.8 Å². The summed E-state index contributed by atoms with van der Waals surface area (Å²) in [6.07, 6.45) is 20.3. The van der Waals surface area contributed by atoms with Crippen molar-refractivity contribution in [3.8, 4) is 0 Å². The number of rotatable bonds is 19. The SMILES string of the molecule is CCCCCCCCCCCCCCCCCC(=O)c1cccc(CC(=O)O)c1. The fourth-order valence-electron chi connectivity index (χ4n) is 3.83. The third kappa shape index (κ3) is 14.1. The van der Waals surface area contributed by atoms with Crippen LogP contribution in [0.15, 0.2) is 24.3 Å². The summed E-state index contributed by atoms with van der Waals surface area (Å²) in [4.78, 5) is 23.1. The summed E-state index contributed by atoms with van der Waals surface area (Å²) in [7, 11) is 0. The van der Waals surface area contributed by atoms with Gasteiger partial charge in [0.1, 0.15) is 0 Å². The van der Waals surface area contributed by atoms with Crippen molar-refractivity contribution in [1.82, 2.24) is 0 Å². The van der Waals surface area contributed by atoms with E-state index in [1.54, 1.807) is 24.3 Å². The number of carbonyl (C=O) groups is 2. The van der Waals surface area contributed by atoms with E-state index in [0.717, 1.165) is 12.8 Å². The lowest BCUT2D eigenvalue weighted by molar-refractivity contribution is -0.136. The number of hydrogen-bond acceptors (Lipinski definition) is 2. The highest BCUT2D eigenvalue weighted by molar-refractivity contribution is 5.96. The molecule has 0 aliphatic carbocycles. The Morgan fingerprint density at radius 2 is 1.21 bits per heavy atom. The molecule has 0 atom stereocenters. The molecule has 0 aromatic heterocycles. The van der Waals surface area contributed by atoms with Crippen LogP contribution in [0, 0.1) is 0 Å². The zero-order valence-corrected chi connectivity index (χ0v) is 18.6. The van der Waals surface area contributed by atoms with Crippen LogP contribution in [0.2, 0.25) is 0 Å². The van der Waals surface area contributed by atoms with Crippen molar-refractivity contribution in [2.75, 3.05) is 0 Å². The molecule has 0 aliphatic rings. The minimum atomic E-state index is -0.864. The van der Waals surface area contributed by atoms with Gasteiger partial charge < -0.3 is 5.11 Å². The van der Waals surface area contributed by atoms with Crippen molar-refractivity contribution in [3.05, 3.63) is 35.4 Å². The van der Waals surface area contributed by atoms with Crippen LogP contribution in [-0.2, 0) is 11.2 Å². The molecule has 164 valence electrons. The first-order chi connectivity index (χ1) is 14.1. The van der Waals surface area contributed by atoms with Crippen LogP contribution < -0.4 is 0 Å². The van der Waals surface area contributed by atoms with Gasteiger partial charge in [0.25, 0.3) is 0 Å². The van der Waals surface area contributed by atoms with Gasteiger partial charge in [0.05, 0.1) is 6.42 Å². The van der Waals surface area contributed by atoms with Crippen molar-refractivity contribution in [2.24, 2.45) is 0 Å². The summed E-state index contributed by atoms with van der Waals surface area (Å²) in [5.41, 5.74) is 1.34. The highest BCUT2D eigenvalue weighted by Gasteiger charge is 2.08. The van der Waals surface area contributed by atoms with Gasteiger partial charge >= 0.3 is 5.97 Å². The first-order valence-corrected chi connectivity index (χ1v) is 12.0. The molecule has 0 saturated heterocycles. The topological polar surface area (TPSA) is 54.4 Å². The second-order valence-corrected chi connectivity index (χ2v) is 8.39. The van der Waals surface area contributed by atoms with Gasteiger partial charge in [-0.3, -0.25) is 9.59 Å². The Hall–Kier alpha value is -1.64. The van der Waals surface area contributed by atoms with E-state index < -0.39 is 5.97 Å². The van der Waals surface area contributed by atoms with Crippen LogP contribution in [0.5, 0.6) is 0 Å². The molecule has 3 heteroatoms. The Balaban J connectivity index is 1.94. The lowest BCUT2D eigenvalue weighted by atomic mass is 10.0. The summed E-state index contributed by atoms with van der Waals surface area (Å²) in [6, 6.07) is 7.05. The molecule has 0 spiro atoms. The summed E-state index contributed by atoms with van der Waals surface area (Å²) in [6.45, 7) is 2.27. The van der Waals surface area contributed by atoms with Crippen molar-refractivity contribution in [2.45, 2.75) is 116 Å². The van der Waals surface area contributed by atoms with E-state index in [1.807, 2.05) is 0 Å². The van der Waals surface area contributed by atoms with Gasteiger partial charge in [-0.25, -0.2) is 0 Å². The first-order valence-electron chi connectivity index (χ1n) is 12.0. The van der Waals surface area contributed by atoms with E-state index in [4.69, 9.17) is 5.11 Å². The molecule has 1 N–H and O–H groups in total. The summed E-state index contributed by atoms with van der Waals surface area (Å²) in [5, 5.41) is 8.86. The van der Waals surface area contributed by atoms with Crippen LogP contribution in [-0.4, -0.2) is 16.9 Å². The third-order valence-corrected chi connectivity index (χ3v) is 5.61. The highest BCUT2D eigenvalue weighted by Crippen LogP contribution is 2.15. The van der Waals surface area contributed by atoms with Gasteiger partial charge in [0.2, 0.25) is 0 Å². The molecule has 1 aromatic carbocycles. The van der Waals surface area contributed by atoms with Gasteiger partial charge in [-0.05, 0) is 18.1 Å². The molecule has 29 heavy (non-hydrogen) atoms. The number of aliphatic carboxylic acids is 1. The van der Waals surface area contributed by atoms with E-state index in [-0.39, 0.29) is 12.2 Å². The van der Waals surface area contributed by atoms with E-state index in [2.05, 4.69) is 6.92 Å². The average molecular weight is 403 g/mol. The predicted octanol–water partition coefficient (Wildman–Crippen LogP) is 7.76. The number of unbranched alkanes of at least 4 members (excludes halogenated alkanes) is 14. The van der Waals surface area contributed by atoms with Gasteiger partial charge in [0.15, 0.2) is 5.78 Å². The maximum Gasteiger partial charge on any atom is 0.307 e. The molecule has 1 aromatic rings. The van der Waals surface area contributed by atoms with Gasteiger partial charge in [-0.15, -0.1) is 0 Å². The van der Waals surface area contributed by atoms with E-state index in [1.165, 1.54) is 83.5 Å². The smallest absolute Gasteiger partial charge is 0.307 e. The van der Waals surface area contributed by atoms with Gasteiger partial charge in [0, 0.05) is 12.0 Å². The second kappa shape index (κ2) is 17.2. The molecule has 0 amide bonds. The number of carboxylic acid groups (broad SMARTS) is 1. The largest absolute Gasteiger partial charge is 0.481 e. The highest BCUT2D eigenvalue weighted by atomic mass is 16.4. The predicted molar refractivity (Wildman–Crippen MR) is 122 cm³/mol. The Morgan fingerprint density at radius 1 is 0.724 bits per heavy atom.